The molecule has 0 heterocycles. The van der Waals surface area contributed by atoms with E-state index < -0.39 is 10.0 Å². The molecule has 0 atom stereocenters. The third-order valence-corrected chi connectivity index (χ3v) is 6.09. The van der Waals surface area contributed by atoms with E-state index in [-0.39, 0.29) is 17.3 Å². The lowest BCUT2D eigenvalue weighted by atomic mass is 9.86. The fraction of sp³-hybridized carbons (Fsp3) is 0.611. The quantitative estimate of drug-likeness (QED) is 0.656. The van der Waals surface area contributed by atoms with Crippen LogP contribution in [0.1, 0.15) is 44.9 Å². The van der Waals surface area contributed by atoms with Gasteiger partial charge in [0.25, 0.3) is 0 Å². The molecule has 1 aromatic carbocycles. The summed E-state index contributed by atoms with van der Waals surface area (Å²) >= 11 is 0. The standard InChI is InChI=1S/C18H28N2O4S/c1-24-16-8-10-17(11-9-16)25(22,23)20-14-13-19-18(21)12-7-15-5-3-2-4-6-15/h8-11,15,20H,2-7,12-14H2,1H3,(H,19,21). The Kier molecular flexibility index (Phi) is 7.71. The number of hydrogen-bond donors (Lipinski definition) is 2. The van der Waals surface area contributed by atoms with Crippen molar-refractivity contribution in [3.8, 4) is 5.75 Å². The molecule has 0 aromatic heterocycles. The number of ether oxygens (including phenoxy) is 1. The summed E-state index contributed by atoms with van der Waals surface area (Å²) in [5.74, 6) is 1.27. The predicted molar refractivity (Wildman–Crippen MR) is 97.0 cm³/mol. The second-order valence-electron chi connectivity index (χ2n) is 6.47. The van der Waals surface area contributed by atoms with Crippen molar-refractivity contribution in [2.45, 2.75) is 49.8 Å². The van der Waals surface area contributed by atoms with Crippen LogP contribution in [0.3, 0.4) is 0 Å². The minimum Gasteiger partial charge on any atom is -0.497 e. The first-order valence-electron chi connectivity index (χ1n) is 8.91. The number of benzene rings is 1. The lowest BCUT2D eigenvalue weighted by Crippen LogP contribution is -2.34. The molecular formula is C18H28N2O4S. The Bertz CT molecular complexity index is 638. The molecule has 2 rings (SSSR count). The number of amides is 1. The third-order valence-electron chi connectivity index (χ3n) is 4.61. The molecule has 1 amide bonds. The van der Waals surface area contributed by atoms with Gasteiger partial charge in [-0.2, -0.15) is 0 Å². The SMILES string of the molecule is COc1ccc(S(=O)(=O)NCCNC(=O)CCC2CCCCC2)cc1. The molecule has 0 bridgehead atoms. The summed E-state index contributed by atoms with van der Waals surface area (Å²) in [5, 5.41) is 2.78. The monoisotopic (exact) mass is 368 g/mol. The summed E-state index contributed by atoms with van der Waals surface area (Å²) < 4.78 is 31.8. The van der Waals surface area contributed by atoms with Crippen LogP contribution in [0.4, 0.5) is 0 Å². The first-order chi connectivity index (χ1) is 12.0. The van der Waals surface area contributed by atoms with Crippen LogP contribution in [0.25, 0.3) is 0 Å². The molecular weight excluding hydrogens is 340 g/mol. The third kappa shape index (κ3) is 6.66. The summed E-state index contributed by atoms with van der Waals surface area (Å²) in [6.07, 6.45) is 7.79. The highest BCUT2D eigenvalue weighted by Crippen LogP contribution is 2.27. The summed E-state index contributed by atoms with van der Waals surface area (Å²) in [6, 6.07) is 6.18. The van der Waals surface area contributed by atoms with Gasteiger partial charge in [0, 0.05) is 19.5 Å². The van der Waals surface area contributed by atoms with Gasteiger partial charge in [0.2, 0.25) is 15.9 Å². The van der Waals surface area contributed by atoms with Crippen LogP contribution in [0.5, 0.6) is 5.75 Å². The van der Waals surface area contributed by atoms with Crippen molar-refractivity contribution < 1.29 is 17.9 Å². The number of carbonyl (C=O) groups excluding carboxylic acids is 1. The lowest BCUT2D eigenvalue weighted by Gasteiger charge is -2.20. The average molecular weight is 368 g/mol. The number of hydrogen-bond acceptors (Lipinski definition) is 4. The Balaban J connectivity index is 1.66. The minimum atomic E-state index is -3.57. The zero-order valence-electron chi connectivity index (χ0n) is 14.8. The second kappa shape index (κ2) is 9.77. The molecule has 25 heavy (non-hydrogen) atoms. The zero-order valence-corrected chi connectivity index (χ0v) is 15.6. The summed E-state index contributed by atoms with van der Waals surface area (Å²) in [4.78, 5) is 12.0. The predicted octanol–water partition coefficient (Wildman–Crippen LogP) is 2.45. The zero-order chi connectivity index (χ0) is 18.1. The molecule has 1 saturated carbocycles. The Morgan fingerprint density at radius 2 is 1.80 bits per heavy atom. The van der Waals surface area contributed by atoms with Crippen LogP contribution in [0.2, 0.25) is 0 Å². The molecule has 6 nitrogen and oxygen atoms in total. The molecule has 1 fully saturated rings. The van der Waals surface area contributed by atoms with Gasteiger partial charge in [0.1, 0.15) is 5.75 Å². The van der Waals surface area contributed by atoms with E-state index >= 15 is 0 Å². The maximum atomic E-state index is 12.1. The molecule has 0 spiro atoms. The van der Waals surface area contributed by atoms with Crippen molar-refractivity contribution in [1.82, 2.24) is 10.0 Å². The van der Waals surface area contributed by atoms with Gasteiger partial charge in [-0.1, -0.05) is 32.1 Å². The Labute approximate surface area is 150 Å². The van der Waals surface area contributed by atoms with Crippen molar-refractivity contribution in [1.29, 1.82) is 0 Å². The highest BCUT2D eigenvalue weighted by Gasteiger charge is 2.15. The van der Waals surface area contributed by atoms with E-state index in [0.717, 1.165) is 6.42 Å². The first kappa shape index (κ1) is 19.7. The topological polar surface area (TPSA) is 84.5 Å². The normalized spacial score (nSPS) is 15.7. The molecule has 1 aliphatic carbocycles. The first-order valence-corrected chi connectivity index (χ1v) is 10.4. The summed E-state index contributed by atoms with van der Waals surface area (Å²) in [5.41, 5.74) is 0. The van der Waals surface area contributed by atoms with E-state index in [9.17, 15) is 13.2 Å². The molecule has 1 aliphatic rings. The van der Waals surface area contributed by atoms with Gasteiger partial charge in [-0.25, -0.2) is 13.1 Å². The van der Waals surface area contributed by atoms with E-state index in [1.807, 2.05) is 0 Å². The number of nitrogens with one attached hydrogen (secondary N) is 2. The number of carbonyl (C=O) groups is 1. The number of methoxy groups -OCH3 is 1. The maximum Gasteiger partial charge on any atom is 0.240 e. The average Bonchev–Trinajstić information content (AvgIpc) is 2.64. The highest BCUT2D eigenvalue weighted by molar-refractivity contribution is 7.89. The maximum absolute atomic E-state index is 12.1. The van der Waals surface area contributed by atoms with Crippen LogP contribution < -0.4 is 14.8 Å². The van der Waals surface area contributed by atoms with Gasteiger partial charge in [-0.15, -0.1) is 0 Å². The van der Waals surface area contributed by atoms with Crippen LogP contribution in [-0.2, 0) is 14.8 Å². The molecule has 140 valence electrons. The summed E-state index contributed by atoms with van der Waals surface area (Å²) in [7, 11) is -2.04. The van der Waals surface area contributed by atoms with E-state index in [2.05, 4.69) is 10.0 Å². The van der Waals surface area contributed by atoms with Gasteiger partial charge < -0.3 is 10.1 Å². The molecule has 7 heteroatoms. The minimum absolute atomic E-state index is 0.00535. The fourth-order valence-corrected chi connectivity index (χ4v) is 4.16. The number of rotatable bonds is 9. The van der Waals surface area contributed by atoms with Gasteiger partial charge in [0.05, 0.1) is 12.0 Å². The van der Waals surface area contributed by atoms with Gasteiger partial charge in [-0.05, 0) is 36.6 Å². The highest BCUT2D eigenvalue weighted by atomic mass is 32.2. The van der Waals surface area contributed by atoms with E-state index in [0.29, 0.717) is 24.6 Å². The molecule has 0 aliphatic heterocycles. The molecule has 2 N–H and O–H groups in total. The molecule has 0 unspecified atom stereocenters. The Morgan fingerprint density at radius 3 is 2.44 bits per heavy atom. The van der Waals surface area contributed by atoms with Gasteiger partial charge in [0.15, 0.2) is 0 Å². The molecule has 0 radical (unpaired) electrons. The van der Waals surface area contributed by atoms with Crippen LogP contribution in [0.15, 0.2) is 29.2 Å². The van der Waals surface area contributed by atoms with Crippen LogP contribution in [0, 0.1) is 5.92 Å². The van der Waals surface area contributed by atoms with Crippen molar-refractivity contribution >= 4 is 15.9 Å². The summed E-state index contributed by atoms with van der Waals surface area (Å²) in [6.45, 7) is 0.461. The smallest absolute Gasteiger partial charge is 0.240 e. The van der Waals surface area contributed by atoms with Crippen LogP contribution >= 0.6 is 0 Å². The second-order valence-corrected chi connectivity index (χ2v) is 8.23. The lowest BCUT2D eigenvalue weighted by molar-refractivity contribution is -0.121. The number of sulfonamides is 1. The van der Waals surface area contributed by atoms with Crippen molar-refractivity contribution in [2.24, 2.45) is 5.92 Å². The van der Waals surface area contributed by atoms with Crippen molar-refractivity contribution in [2.75, 3.05) is 20.2 Å². The van der Waals surface area contributed by atoms with Crippen molar-refractivity contribution in [3.05, 3.63) is 24.3 Å². The van der Waals surface area contributed by atoms with E-state index in [1.54, 1.807) is 12.1 Å². The fourth-order valence-electron chi connectivity index (χ4n) is 3.12. The van der Waals surface area contributed by atoms with Gasteiger partial charge in [-0.3, -0.25) is 4.79 Å². The Morgan fingerprint density at radius 1 is 1.12 bits per heavy atom. The van der Waals surface area contributed by atoms with E-state index in [1.165, 1.54) is 51.3 Å². The molecule has 0 saturated heterocycles. The van der Waals surface area contributed by atoms with Crippen LogP contribution in [-0.4, -0.2) is 34.5 Å². The molecule has 1 aromatic rings. The Hall–Kier alpha value is -1.60. The van der Waals surface area contributed by atoms with Gasteiger partial charge >= 0.3 is 0 Å². The van der Waals surface area contributed by atoms with Crippen molar-refractivity contribution in [3.63, 3.8) is 0 Å². The van der Waals surface area contributed by atoms with E-state index in [4.69, 9.17) is 4.74 Å². The largest absolute Gasteiger partial charge is 0.497 e.